The molecule has 6 nitrogen and oxygen atoms in total. The van der Waals surface area contributed by atoms with Gasteiger partial charge < -0.3 is 15.6 Å². The Morgan fingerprint density at radius 3 is 2.63 bits per heavy atom. The number of carboxylic acids is 1. The van der Waals surface area contributed by atoms with Crippen LogP contribution in [0, 0.1) is 0 Å². The number of morpholine rings is 1. The van der Waals surface area contributed by atoms with Crippen molar-refractivity contribution < 1.29 is 18.8 Å². The number of halogens is 1. The molecular weight excluding hydrogens is 336 g/mol. The molecular formula is C11H13BrN2O4S. The molecule has 0 radical (unpaired) electrons. The molecule has 0 saturated carbocycles. The number of hydrogen-bond donors (Lipinski definition) is 2. The Morgan fingerprint density at radius 2 is 2.05 bits per heavy atom. The molecule has 1 unspecified atom stereocenters. The Kier molecular flexibility index (Phi) is 4.56. The number of carbonyl (C=O) groups is 1. The van der Waals surface area contributed by atoms with Crippen LogP contribution in [0.5, 0.6) is 0 Å². The molecule has 1 heterocycles. The third kappa shape index (κ3) is 3.14. The van der Waals surface area contributed by atoms with E-state index in [4.69, 9.17) is 15.6 Å². The molecule has 3 N–H and O–H groups in total. The Bertz CT molecular complexity index is 532. The monoisotopic (exact) mass is 348 g/mol. The molecule has 19 heavy (non-hydrogen) atoms. The van der Waals surface area contributed by atoms with Crippen molar-refractivity contribution in [2.24, 2.45) is 0 Å². The van der Waals surface area contributed by atoms with Crippen LogP contribution >= 0.6 is 15.9 Å². The minimum absolute atomic E-state index is 0.0422. The fourth-order valence-electron chi connectivity index (χ4n) is 1.77. The van der Waals surface area contributed by atoms with Gasteiger partial charge in [0, 0.05) is 17.6 Å². The van der Waals surface area contributed by atoms with Crippen molar-refractivity contribution in [3.8, 4) is 0 Å². The van der Waals surface area contributed by atoms with Gasteiger partial charge >= 0.3 is 5.97 Å². The van der Waals surface area contributed by atoms with E-state index in [0.29, 0.717) is 35.7 Å². The van der Waals surface area contributed by atoms with Crippen molar-refractivity contribution in [1.82, 2.24) is 4.31 Å². The predicted molar refractivity (Wildman–Crippen MR) is 74.3 cm³/mol. The van der Waals surface area contributed by atoms with Crippen LogP contribution in [0.15, 0.2) is 21.5 Å². The summed E-state index contributed by atoms with van der Waals surface area (Å²) in [5.74, 6) is -1.14. The molecule has 1 fully saturated rings. The normalized spacial score (nSPS) is 18.2. The van der Waals surface area contributed by atoms with Gasteiger partial charge in [-0.1, -0.05) is 15.9 Å². The number of hydrogen-bond acceptors (Lipinski definition) is 4. The van der Waals surface area contributed by atoms with Gasteiger partial charge in [0.2, 0.25) is 0 Å². The van der Waals surface area contributed by atoms with E-state index in [1.807, 2.05) is 0 Å². The van der Waals surface area contributed by atoms with Gasteiger partial charge in [-0.3, -0.25) is 0 Å². The van der Waals surface area contributed by atoms with Crippen molar-refractivity contribution >= 4 is 38.6 Å². The average molecular weight is 349 g/mol. The average Bonchev–Trinajstić information content (AvgIpc) is 2.41. The van der Waals surface area contributed by atoms with Crippen LogP contribution in [0.4, 0.5) is 5.69 Å². The lowest BCUT2D eigenvalue weighted by atomic mass is 10.2. The molecule has 2 rings (SSSR count). The summed E-state index contributed by atoms with van der Waals surface area (Å²) < 4.78 is 19.9. The van der Waals surface area contributed by atoms with E-state index < -0.39 is 17.0 Å². The van der Waals surface area contributed by atoms with Crippen LogP contribution in [0.25, 0.3) is 0 Å². The van der Waals surface area contributed by atoms with E-state index >= 15 is 0 Å². The standard InChI is InChI=1S/C11H13BrN2O4S/c12-7-5-8(11(15)16)10(13)9(6-7)19(17)14-1-3-18-4-2-14/h5-6H,1-4,13H2,(H,15,16). The van der Waals surface area contributed by atoms with Gasteiger partial charge in [0.15, 0.2) is 0 Å². The number of nitrogens with zero attached hydrogens (tertiary/aromatic N) is 1. The zero-order valence-electron chi connectivity index (χ0n) is 9.97. The highest BCUT2D eigenvalue weighted by Crippen LogP contribution is 2.28. The maximum absolute atomic E-state index is 12.4. The topological polar surface area (TPSA) is 92.9 Å². The van der Waals surface area contributed by atoms with E-state index in [-0.39, 0.29) is 11.3 Å². The second-order valence-electron chi connectivity index (χ2n) is 3.96. The van der Waals surface area contributed by atoms with Gasteiger partial charge in [-0.2, -0.15) is 0 Å². The fraction of sp³-hybridized carbons (Fsp3) is 0.364. The molecule has 1 aliphatic rings. The summed E-state index contributed by atoms with van der Waals surface area (Å²) in [4.78, 5) is 11.4. The van der Waals surface area contributed by atoms with Gasteiger partial charge in [0.25, 0.3) is 0 Å². The Morgan fingerprint density at radius 1 is 1.42 bits per heavy atom. The smallest absolute Gasteiger partial charge is 0.337 e. The summed E-state index contributed by atoms with van der Waals surface area (Å²) in [6.07, 6.45) is 0. The molecule has 1 saturated heterocycles. The second-order valence-corrected chi connectivity index (χ2v) is 6.33. The van der Waals surface area contributed by atoms with E-state index in [1.54, 1.807) is 10.4 Å². The number of benzene rings is 1. The van der Waals surface area contributed by atoms with Crippen LogP contribution in [0.2, 0.25) is 0 Å². The van der Waals surface area contributed by atoms with Crippen LogP contribution in [-0.2, 0) is 15.7 Å². The number of nitrogen functional groups attached to an aromatic ring is 1. The molecule has 1 aromatic carbocycles. The minimum atomic E-state index is -1.48. The predicted octanol–water partition coefficient (Wildman–Crippen LogP) is 1.08. The van der Waals surface area contributed by atoms with Crippen molar-refractivity contribution in [2.45, 2.75) is 4.90 Å². The van der Waals surface area contributed by atoms with Crippen LogP contribution in [0.1, 0.15) is 10.4 Å². The molecule has 1 aromatic rings. The Hall–Kier alpha value is -0.960. The molecule has 0 aromatic heterocycles. The van der Waals surface area contributed by atoms with Crippen molar-refractivity contribution in [3.63, 3.8) is 0 Å². The molecule has 8 heteroatoms. The molecule has 0 aliphatic carbocycles. The van der Waals surface area contributed by atoms with E-state index in [0.717, 1.165) is 0 Å². The number of carboxylic acid groups (broad SMARTS) is 1. The largest absolute Gasteiger partial charge is 0.478 e. The Balaban J connectivity index is 2.38. The first-order chi connectivity index (χ1) is 9.00. The summed E-state index contributed by atoms with van der Waals surface area (Å²) in [5, 5.41) is 9.07. The number of rotatable bonds is 3. The number of nitrogens with two attached hydrogens (primary N) is 1. The maximum Gasteiger partial charge on any atom is 0.337 e. The van der Waals surface area contributed by atoms with E-state index in [1.165, 1.54) is 6.07 Å². The first-order valence-electron chi connectivity index (χ1n) is 5.57. The lowest BCUT2D eigenvalue weighted by Gasteiger charge is -2.26. The van der Waals surface area contributed by atoms with Gasteiger partial charge in [-0.25, -0.2) is 13.3 Å². The van der Waals surface area contributed by atoms with E-state index in [9.17, 15) is 9.00 Å². The van der Waals surface area contributed by atoms with Crippen molar-refractivity contribution in [2.75, 3.05) is 32.0 Å². The molecule has 0 amide bonds. The fourth-order valence-corrected chi connectivity index (χ4v) is 3.66. The van der Waals surface area contributed by atoms with Gasteiger partial charge in [0.1, 0.15) is 11.0 Å². The quantitative estimate of drug-likeness (QED) is 0.797. The zero-order valence-corrected chi connectivity index (χ0v) is 12.4. The van der Waals surface area contributed by atoms with Crippen LogP contribution in [0.3, 0.4) is 0 Å². The summed E-state index contributed by atoms with van der Waals surface area (Å²) in [5.41, 5.74) is 5.80. The molecule has 1 aliphatic heterocycles. The van der Waals surface area contributed by atoms with Gasteiger partial charge in [-0.15, -0.1) is 0 Å². The second kappa shape index (κ2) is 6.00. The summed E-state index contributed by atoms with van der Waals surface area (Å²) in [6.45, 7) is 2.07. The number of ether oxygens (including phenoxy) is 1. The van der Waals surface area contributed by atoms with Crippen molar-refractivity contribution in [3.05, 3.63) is 22.2 Å². The highest BCUT2D eigenvalue weighted by molar-refractivity contribution is 9.10. The van der Waals surface area contributed by atoms with Gasteiger partial charge in [-0.05, 0) is 12.1 Å². The highest BCUT2D eigenvalue weighted by atomic mass is 79.9. The summed E-state index contributed by atoms with van der Waals surface area (Å²) >= 11 is 3.21. The molecule has 104 valence electrons. The number of anilines is 1. The third-order valence-corrected chi connectivity index (χ3v) is 4.74. The van der Waals surface area contributed by atoms with Crippen LogP contribution < -0.4 is 5.73 Å². The van der Waals surface area contributed by atoms with Crippen LogP contribution in [-0.4, -0.2) is 45.9 Å². The number of aromatic carboxylic acids is 1. The minimum Gasteiger partial charge on any atom is -0.478 e. The Labute approximate surface area is 121 Å². The lowest BCUT2D eigenvalue weighted by Crippen LogP contribution is -2.37. The maximum atomic E-state index is 12.4. The zero-order chi connectivity index (χ0) is 14.0. The first-order valence-corrected chi connectivity index (χ1v) is 7.47. The SMILES string of the molecule is Nc1c(C(=O)O)cc(Br)cc1S(=O)N1CCOCC1. The molecule has 0 bridgehead atoms. The summed E-state index contributed by atoms with van der Waals surface area (Å²) in [6, 6.07) is 2.99. The lowest BCUT2D eigenvalue weighted by molar-refractivity contribution is 0.0697. The third-order valence-electron chi connectivity index (χ3n) is 2.73. The van der Waals surface area contributed by atoms with Gasteiger partial charge in [0.05, 0.1) is 29.4 Å². The van der Waals surface area contributed by atoms with E-state index in [2.05, 4.69) is 15.9 Å². The first kappa shape index (κ1) is 14.4. The van der Waals surface area contributed by atoms with Crippen molar-refractivity contribution in [1.29, 1.82) is 0 Å². The highest BCUT2D eigenvalue weighted by Gasteiger charge is 2.23. The molecule has 0 spiro atoms. The molecule has 1 atom stereocenters. The summed E-state index contributed by atoms with van der Waals surface area (Å²) in [7, 11) is -1.48.